The van der Waals surface area contributed by atoms with Crippen LogP contribution in [0.15, 0.2) is 53.1 Å². The Kier molecular flexibility index (Phi) is 4.46. The van der Waals surface area contributed by atoms with E-state index in [1.807, 2.05) is 0 Å². The molecule has 126 valence electrons. The molecule has 9 heteroatoms. The van der Waals surface area contributed by atoms with Gasteiger partial charge in [0.2, 0.25) is 5.89 Å². The highest BCUT2D eigenvalue weighted by Gasteiger charge is 2.11. The van der Waals surface area contributed by atoms with Crippen LogP contribution < -0.4 is 0 Å². The molecule has 0 N–H and O–H groups in total. The number of nitro groups is 2. The Morgan fingerprint density at radius 2 is 1.28 bits per heavy atom. The van der Waals surface area contributed by atoms with Crippen molar-refractivity contribution in [1.29, 1.82) is 0 Å². The Labute approximate surface area is 141 Å². The number of rotatable bonds is 6. The molecule has 0 atom stereocenters. The maximum absolute atomic E-state index is 10.6. The van der Waals surface area contributed by atoms with E-state index in [0.717, 1.165) is 11.1 Å². The van der Waals surface area contributed by atoms with Gasteiger partial charge in [0.05, 0.1) is 16.3 Å². The zero-order chi connectivity index (χ0) is 17.8. The Hall–Kier alpha value is -3.62. The molecule has 2 aromatic carbocycles. The molecule has 0 fully saturated rings. The summed E-state index contributed by atoms with van der Waals surface area (Å²) in [7, 11) is 0. The lowest BCUT2D eigenvalue weighted by Crippen LogP contribution is -1.94. The van der Waals surface area contributed by atoms with Crippen LogP contribution in [0.2, 0.25) is 0 Å². The van der Waals surface area contributed by atoms with Gasteiger partial charge in [-0.25, -0.2) is 0 Å². The van der Waals surface area contributed by atoms with Crippen molar-refractivity contribution in [2.75, 3.05) is 0 Å². The van der Waals surface area contributed by atoms with Crippen molar-refractivity contribution in [3.63, 3.8) is 0 Å². The van der Waals surface area contributed by atoms with Gasteiger partial charge in [-0.05, 0) is 11.1 Å². The molecule has 0 radical (unpaired) electrons. The lowest BCUT2D eigenvalue weighted by atomic mass is 10.1. The second kappa shape index (κ2) is 6.87. The predicted octanol–water partition coefficient (Wildman–Crippen LogP) is 3.07. The molecule has 0 saturated carbocycles. The summed E-state index contributed by atoms with van der Waals surface area (Å²) in [5.41, 5.74) is 1.69. The molecule has 0 saturated heterocycles. The zero-order valence-electron chi connectivity index (χ0n) is 12.9. The van der Waals surface area contributed by atoms with E-state index in [1.165, 1.54) is 24.3 Å². The molecular formula is C16H12N4O5. The van der Waals surface area contributed by atoms with E-state index in [4.69, 9.17) is 4.52 Å². The van der Waals surface area contributed by atoms with E-state index >= 15 is 0 Å². The summed E-state index contributed by atoms with van der Waals surface area (Å²) in [6, 6.07) is 12.2. The second-order valence-corrected chi connectivity index (χ2v) is 5.31. The SMILES string of the molecule is O=[N+]([O-])c1ccc(Cc2noc(Cc3ccc([N+](=O)[O-])cc3)n2)cc1. The van der Waals surface area contributed by atoms with E-state index in [2.05, 4.69) is 10.1 Å². The van der Waals surface area contributed by atoms with Gasteiger partial charge in [-0.1, -0.05) is 29.4 Å². The fourth-order valence-corrected chi connectivity index (χ4v) is 2.26. The van der Waals surface area contributed by atoms with Gasteiger partial charge < -0.3 is 4.52 Å². The van der Waals surface area contributed by atoms with Gasteiger partial charge in [-0.15, -0.1) is 0 Å². The minimum Gasteiger partial charge on any atom is -0.339 e. The van der Waals surface area contributed by atoms with Crippen molar-refractivity contribution < 1.29 is 14.4 Å². The summed E-state index contributed by atoms with van der Waals surface area (Å²) >= 11 is 0. The minimum atomic E-state index is -0.460. The molecular weight excluding hydrogens is 328 g/mol. The van der Waals surface area contributed by atoms with Crippen LogP contribution in [-0.2, 0) is 12.8 Å². The molecule has 0 spiro atoms. The first kappa shape index (κ1) is 16.2. The van der Waals surface area contributed by atoms with Gasteiger partial charge in [0.1, 0.15) is 0 Å². The summed E-state index contributed by atoms with van der Waals surface area (Å²) in [5, 5.41) is 25.2. The van der Waals surface area contributed by atoms with Crippen LogP contribution in [0.1, 0.15) is 22.8 Å². The third-order valence-electron chi connectivity index (χ3n) is 3.52. The summed E-state index contributed by atoms with van der Waals surface area (Å²) < 4.78 is 5.18. The first-order valence-electron chi connectivity index (χ1n) is 7.29. The summed E-state index contributed by atoms with van der Waals surface area (Å²) in [5.74, 6) is 0.858. The van der Waals surface area contributed by atoms with Crippen molar-refractivity contribution in [2.45, 2.75) is 12.8 Å². The average molecular weight is 340 g/mol. The number of aromatic nitrogens is 2. The lowest BCUT2D eigenvalue weighted by molar-refractivity contribution is -0.385. The quantitative estimate of drug-likeness (QED) is 0.498. The van der Waals surface area contributed by atoms with E-state index < -0.39 is 9.85 Å². The van der Waals surface area contributed by atoms with E-state index in [9.17, 15) is 20.2 Å². The van der Waals surface area contributed by atoms with Gasteiger partial charge in [0.25, 0.3) is 11.4 Å². The highest BCUT2D eigenvalue weighted by Crippen LogP contribution is 2.16. The van der Waals surface area contributed by atoms with Gasteiger partial charge in [-0.3, -0.25) is 20.2 Å². The summed E-state index contributed by atoms with van der Waals surface area (Å²) in [4.78, 5) is 24.6. The van der Waals surface area contributed by atoms with Crippen LogP contribution in [0.4, 0.5) is 11.4 Å². The van der Waals surface area contributed by atoms with Crippen LogP contribution >= 0.6 is 0 Å². The normalized spacial score (nSPS) is 10.6. The molecule has 1 heterocycles. The monoisotopic (exact) mass is 340 g/mol. The van der Waals surface area contributed by atoms with Crippen LogP contribution in [0.3, 0.4) is 0 Å². The van der Waals surface area contributed by atoms with Gasteiger partial charge in [-0.2, -0.15) is 4.98 Å². The number of nitro benzene ring substituents is 2. The largest absolute Gasteiger partial charge is 0.339 e. The van der Waals surface area contributed by atoms with E-state index in [-0.39, 0.29) is 11.4 Å². The maximum atomic E-state index is 10.6. The minimum absolute atomic E-state index is 0.0214. The highest BCUT2D eigenvalue weighted by atomic mass is 16.6. The Morgan fingerprint density at radius 3 is 1.76 bits per heavy atom. The highest BCUT2D eigenvalue weighted by molar-refractivity contribution is 5.35. The lowest BCUT2D eigenvalue weighted by Gasteiger charge is -1.97. The van der Waals surface area contributed by atoms with Crippen LogP contribution in [0.5, 0.6) is 0 Å². The number of hydrogen-bond acceptors (Lipinski definition) is 7. The molecule has 0 unspecified atom stereocenters. The van der Waals surface area contributed by atoms with Gasteiger partial charge in [0, 0.05) is 30.7 Å². The molecule has 0 aliphatic carbocycles. The number of nitrogens with zero attached hydrogens (tertiary/aromatic N) is 4. The topological polar surface area (TPSA) is 125 Å². The Bertz CT molecular complexity index is 829. The summed E-state index contributed by atoms with van der Waals surface area (Å²) in [6.07, 6.45) is 0.757. The molecule has 25 heavy (non-hydrogen) atoms. The molecule has 3 aromatic rings. The van der Waals surface area contributed by atoms with E-state index in [0.29, 0.717) is 24.6 Å². The third kappa shape index (κ3) is 4.02. The van der Waals surface area contributed by atoms with Crippen molar-refractivity contribution in [3.8, 4) is 0 Å². The first-order valence-corrected chi connectivity index (χ1v) is 7.29. The molecule has 0 aliphatic heterocycles. The fourth-order valence-electron chi connectivity index (χ4n) is 2.26. The summed E-state index contributed by atoms with van der Waals surface area (Å²) in [6.45, 7) is 0. The molecule has 0 amide bonds. The molecule has 0 bridgehead atoms. The van der Waals surface area contributed by atoms with Gasteiger partial charge in [0.15, 0.2) is 5.82 Å². The average Bonchev–Trinajstić information content (AvgIpc) is 3.02. The fraction of sp³-hybridized carbons (Fsp3) is 0.125. The van der Waals surface area contributed by atoms with Crippen molar-refractivity contribution in [2.24, 2.45) is 0 Å². The van der Waals surface area contributed by atoms with Crippen molar-refractivity contribution in [1.82, 2.24) is 10.1 Å². The smallest absolute Gasteiger partial charge is 0.269 e. The Balaban J connectivity index is 1.65. The third-order valence-corrected chi connectivity index (χ3v) is 3.52. The molecule has 0 aliphatic rings. The van der Waals surface area contributed by atoms with Crippen molar-refractivity contribution in [3.05, 3.63) is 91.6 Å². The van der Waals surface area contributed by atoms with Gasteiger partial charge >= 0.3 is 0 Å². The first-order chi connectivity index (χ1) is 12.0. The number of hydrogen-bond donors (Lipinski definition) is 0. The van der Waals surface area contributed by atoms with Crippen LogP contribution in [0, 0.1) is 20.2 Å². The van der Waals surface area contributed by atoms with Crippen LogP contribution in [-0.4, -0.2) is 20.0 Å². The maximum Gasteiger partial charge on any atom is 0.269 e. The molecule has 1 aromatic heterocycles. The molecule has 9 nitrogen and oxygen atoms in total. The second-order valence-electron chi connectivity index (χ2n) is 5.31. The van der Waals surface area contributed by atoms with Crippen molar-refractivity contribution >= 4 is 11.4 Å². The number of non-ortho nitro benzene ring substituents is 2. The standard InChI is InChI=1S/C16H12N4O5/c21-19(22)13-5-1-11(2-6-13)9-15-17-16(25-18-15)10-12-3-7-14(8-4-12)20(23)24/h1-8H,9-10H2. The Morgan fingerprint density at radius 1 is 0.800 bits per heavy atom. The number of benzene rings is 2. The zero-order valence-corrected chi connectivity index (χ0v) is 12.9. The van der Waals surface area contributed by atoms with E-state index in [1.54, 1.807) is 24.3 Å². The van der Waals surface area contributed by atoms with Crippen LogP contribution in [0.25, 0.3) is 0 Å². The molecule has 3 rings (SSSR count). The predicted molar refractivity (Wildman–Crippen MR) is 86.1 cm³/mol.